The second kappa shape index (κ2) is 11.7. The van der Waals surface area contributed by atoms with E-state index in [0.29, 0.717) is 19.3 Å². The van der Waals surface area contributed by atoms with Gasteiger partial charge in [0.25, 0.3) is 0 Å². The predicted octanol–water partition coefficient (Wildman–Crippen LogP) is 5.47. The lowest BCUT2D eigenvalue weighted by Crippen LogP contribution is -2.81. The molecule has 45 heavy (non-hydrogen) atoms. The van der Waals surface area contributed by atoms with Crippen molar-refractivity contribution in [3.8, 4) is 11.5 Å². The summed E-state index contributed by atoms with van der Waals surface area (Å²) in [4.78, 5) is 15.5. The van der Waals surface area contributed by atoms with Gasteiger partial charge in [0.15, 0.2) is 11.5 Å². The van der Waals surface area contributed by atoms with Crippen LogP contribution in [-0.2, 0) is 30.8 Å². The molecule has 0 amide bonds. The molecule has 0 aromatic heterocycles. The zero-order valence-corrected chi connectivity index (χ0v) is 28.4. The summed E-state index contributed by atoms with van der Waals surface area (Å²) in [6, 6.07) is 4.07. The third kappa shape index (κ3) is 4.93. The second-order valence-electron chi connectivity index (χ2n) is 15.8. The molecule has 9 heteroatoms. The number of likely N-dealkylation sites (tertiary alicyclic amines) is 1. The van der Waals surface area contributed by atoms with E-state index in [9.17, 15) is 15.0 Å². The van der Waals surface area contributed by atoms with Gasteiger partial charge in [-0.2, -0.15) is 0 Å². The largest absolute Gasteiger partial charge is 0.514 e. The van der Waals surface area contributed by atoms with Crippen LogP contribution in [0.25, 0.3) is 0 Å². The number of nitrogens with zero attached hydrogens (tertiary/aromatic N) is 1. The number of aliphatic hydroxyl groups is 1. The second-order valence-corrected chi connectivity index (χ2v) is 15.8. The third-order valence-corrected chi connectivity index (χ3v) is 13.3. The molecule has 0 unspecified atom stereocenters. The fraction of sp³-hybridized carbons (Fsp3) is 0.806. The number of aromatic hydroxyl groups is 1. The maximum Gasteiger partial charge on any atom is 0.514 e. The van der Waals surface area contributed by atoms with Gasteiger partial charge < -0.3 is 33.9 Å². The topological polar surface area (TPSA) is 107 Å². The molecule has 7 rings (SSSR count). The van der Waals surface area contributed by atoms with Crippen molar-refractivity contribution in [3.63, 3.8) is 0 Å². The van der Waals surface area contributed by atoms with Crippen LogP contribution in [-0.4, -0.2) is 92.2 Å². The van der Waals surface area contributed by atoms with Crippen LogP contribution in [0.2, 0.25) is 0 Å². The fourth-order valence-electron chi connectivity index (χ4n) is 10.4. The Morgan fingerprint density at radius 3 is 2.44 bits per heavy atom. The number of phenolic OH excluding ortho intramolecular Hbond substituents is 1. The molecular weight excluding hydrogens is 574 g/mol. The highest BCUT2D eigenvalue weighted by Crippen LogP contribution is 2.77. The predicted molar refractivity (Wildman–Crippen MR) is 170 cm³/mol. The molecule has 1 aliphatic heterocycles. The zero-order chi connectivity index (χ0) is 32.4. The van der Waals surface area contributed by atoms with Gasteiger partial charge in [-0.15, -0.1) is 0 Å². The summed E-state index contributed by atoms with van der Waals surface area (Å²) in [6.07, 6.45) is 6.15. The molecule has 7 atom stereocenters. The highest BCUT2D eigenvalue weighted by Gasteiger charge is 2.78. The Morgan fingerprint density at radius 1 is 1.04 bits per heavy atom. The molecule has 1 saturated heterocycles. The number of ether oxygens (including phenoxy) is 5. The highest BCUT2D eigenvalue weighted by atomic mass is 16.7. The molecule has 4 saturated carbocycles. The average Bonchev–Trinajstić information content (AvgIpc) is 3.81. The highest BCUT2D eigenvalue weighted by molar-refractivity contribution is 5.68. The third-order valence-electron chi connectivity index (χ3n) is 13.3. The number of methoxy groups -OCH3 is 2. The van der Waals surface area contributed by atoms with Crippen molar-refractivity contribution in [1.29, 1.82) is 0 Å². The van der Waals surface area contributed by atoms with Crippen molar-refractivity contribution in [3.05, 3.63) is 23.3 Å². The molecule has 0 radical (unpaired) electrons. The summed E-state index contributed by atoms with van der Waals surface area (Å²) < 4.78 is 27.9. The molecule has 1 aromatic carbocycles. The smallest absolute Gasteiger partial charge is 0.504 e. The summed E-state index contributed by atoms with van der Waals surface area (Å²) in [7, 11) is 3.42. The van der Waals surface area contributed by atoms with E-state index in [1.54, 1.807) is 13.2 Å². The number of fused-ring (bicyclic) bond motifs is 3. The van der Waals surface area contributed by atoms with Gasteiger partial charge in [0, 0.05) is 43.7 Å². The van der Waals surface area contributed by atoms with Crippen LogP contribution in [0.5, 0.6) is 11.5 Å². The Morgan fingerprint density at radius 2 is 1.78 bits per heavy atom. The van der Waals surface area contributed by atoms with Crippen LogP contribution in [0.3, 0.4) is 0 Å². The van der Waals surface area contributed by atoms with Crippen molar-refractivity contribution in [2.75, 3.05) is 53.7 Å². The number of carbonyl (C=O) groups excluding carboxylic acids is 1. The van der Waals surface area contributed by atoms with Gasteiger partial charge >= 0.3 is 6.16 Å². The molecule has 1 aromatic rings. The van der Waals surface area contributed by atoms with Crippen molar-refractivity contribution in [1.82, 2.24) is 4.90 Å². The number of hydrogen-bond donors (Lipinski definition) is 2. The minimum atomic E-state index is -0.966. The van der Waals surface area contributed by atoms with Crippen molar-refractivity contribution in [2.24, 2.45) is 28.6 Å². The van der Waals surface area contributed by atoms with E-state index in [-0.39, 0.29) is 47.4 Å². The number of rotatable bonds is 11. The van der Waals surface area contributed by atoms with Gasteiger partial charge in [-0.1, -0.05) is 33.8 Å². The fourth-order valence-corrected chi connectivity index (χ4v) is 10.4. The molecule has 4 bridgehead atoms. The number of piperidine rings is 1. The van der Waals surface area contributed by atoms with E-state index < -0.39 is 22.8 Å². The van der Waals surface area contributed by atoms with Gasteiger partial charge in [0.2, 0.25) is 0 Å². The number of benzene rings is 1. The van der Waals surface area contributed by atoms with E-state index in [4.69, 9.17) is 23.7 Å². The number of phenols is 1. The summed E-state index contributed by atoms with van der Waals surface area (Å²) in [5, 5.41) is 24.5. The first-order valence-electron chi connectivity index (χ1n) is 17.1. The Kier molecular flexibility index (Phi) is 8.55. The van der Waals surface area contributed by atoms with Crippen LogP contribution < -0.4 is 4.74 Å². The van der Waals surface area contributed by atoms with Crippen molar-refractivity contribution < 1.29 is 38.7 Å². The van der Waals surface area contributed by atoms with Gasteiger partial charge in [-0.05, 0) is 92.7 Å². The van der Waals surface area contributed by atoms with Crippen molar-refractivity contribution >= 4 is 6.16 Å². The summed E-state index contributed by atoms with van der Waals surface area (Å²) in [5.41, 5.74) is -0.401. The molecular formula is C36H55NO8. The molecule has 5 aliphatic carbocycles. The van der Waals surface area contributed by atoms with E-state index >= 15 is 0 Å². The molecule has 252 valence electrons. The van der Waals surface area contributed by atoms with Crippen LogP contribution in [0.1, 0.15) is 84.3 Å². The van der Waals surface area contributed by atoms with E-state index in [1.165, 1.54) is 12.8 Å². The minimum absolute atomic E-state index is 0.0123. The molecule has 6 aliphatic rings. The van der Waals surface area contributed by atoms with Gasteiger partial charge in [0.1, 0.15) is 6.61 Å². The summed E-state index contributed by atoms with van der Waals surface area (Å²) >= 11 is 0. The molecule has 9 nitrogen and oxygen atoms in total. The first-order chi connectivity index (χ1) is 21.3. The summed E-state index contributed by atoms with van der Waals surface area (Å²) in [5.74, 6) is 0.879. The van der Waals surface area contributed by atoms with E-state index in [0.717, 1.165) is 62.2 Å². The van der Waals surface area contributed by atoms with Gasteiger partial charge in [-0.3, -0.25) is 4.90 Å². The summed E-state index contributed by atoms with van der Waals surface area (Å²) in [6.45, 7) is 13.9. The van der Waals surface area contributed by atoms with Crippen LogP contribution in [0.4, 0.5) is 4.79 Å². The van der Waals surface area contributed by atoms with Gasteiger partial charge in [0.05, 0.1) is 31.0 Å². The standard InChI is InChI=1S/C36H55NO8/c1-23-35-14-15-37(22-24-8-9-24)28(34(35)12-13-36(23,42-7)27(21-34)33(5,40)32(2,3)4)20-25-10-11-26(30(38)29(25)35)45-31(39)44-19-18-43-17-16-41-6/h10-11,23-24,27-28,38,40H,8-9,12-22H2,1-7H3/t23-,27-,28-,33+,34-,35-,36-/m1/s1. The zero-order valence-electron chi connectivity index (χ0n) is 28.4. The lowest BCUT2D eigenvalue weighted by Gasteiger charge is -2.78. The van der Waals surface area contributed by atoms with E-state index in [1.807, 2.05) is 20.1 Å². The number of carbonyl (C=O) groups is 1. The van der Waals surface area contributed by atoms with Crippen LogP contribution in [0, 0.1) is 28.6 Å². The van der Waals surface area contributed by atoms with Gasteiger partial charge in [-0.25, -0.2) is 4.79 Å². The van der Waals surface area contributed by atoms with Crippen LogP contribution in [0.15, 0.2) is 12.1 Å². The molecule has 2 N–H and O–H groups in total. The quantitative estimate of drug-likeness (QED) is 0.187. The Bertz CT molecular complexity index is 1270. The first-order valence-corrected chi connectivity index (χ1v) is 17.1. The Hall–Kier alpha value is -1.91. The average molecular weight is 630 g/mol. The monoisotopic (exact) mass is 629 g/mol. The Labute approximate surface area is 268 Å². The molecule has 1 heterocycles. The maximum absolute atomic E-state index is 12.7. The van der Waals surface area contributed by atoms with E-state index in [2.05, 4.69) is 32.6 Å². The van der Waals surface area contributed by atoms with Crippen LogP contribution >= 0.6 is 0 Å². The maximum atomic E-state index is 12.7. The van der Waals surface area contributed by atoms with Crippen molar-refractivity contribution in [2.45, 2.75) is 102 Å². The lowest BCUT2D eigenvalue weighted by molar-refractivity contribution is -0.308. The molecule has 1 spiro atoms. The molecule has 5 fully saturated rings. The lowest BCUT2D eigenvalue weighted by atomic mass is 9.30. The first kappa shape index (κ1) is 33.0. The number of hydrogen-bond acceptors (Lipinski definition) is 9. The Balaban J connectivity index is 1.40. The normalized spacial score (nSPS) is 35.3. The minimum Gasteiger partial charge on any atom is -0.504 e. The SMILES string of the molecule is COCCOCCOC(=O)Oc1ccc2c(c1O)[C@]13CCN(CC4CC4)[C@H](C2)[C@]12CC[C@](OC)([C@@H]([C@](C)(O)C(C)(C)C)C2)[C@@H]3C.